The largest absolute Gasteiger partial charge is 0.410 e. The van der Waals surface area contributed by atoms with Crippen molar-refractivity contribution in [3.63, 3.8) is 0 Å². The normalized spacial score (nSPS) is 14.8. The molecule has 2 aromatic carbocycles. The first kappa shape index (κ1) is 23.2. The molecule has 35 heavy (non-hydrogen) atoms. The Bertz CT molecular complexity index is 1380. The van der Waals surface area contributed by atoms with Crippen LogP contribution in [-0.2, 0) is 19.5 Å². The molecule has 180 valence electrons. The molecule has 0 aliphatic carbocycles. The van der Waals surface area contributed by atoms with Gasteiger partial charge in [-0.25, -0.2) is 9.97 Å². The van der Waals surface area contributed by atoms with Crippen LogP contribution in [0.2, 0.25) is 0 Å². The summed E-state index contributed by atoms with van der Waals surface area (Å²) in [6, 6.07) is 18.7. The predicted octanol–water partition coefficient (Wildman–Crippen LogP) is 5.48. The van der Waals surface area contributed by atoms with Crippen molar-refractivity contribution in [3.05, 3.63) is 93.9 Å². The van der Waals surface area contributed by atoms with Gasteiger partial charge in [-0.2, -0.15) is 0 Å². The summed E-state index contributed by atoms with van der Waals surface area (Å²) < 4.78 is 2.21. The smallest absolute Gasteiger partial charge is 0.160 e. The standard InChI is InChI=1S/C29H33N5O/c1-4-26-31-27-20(2)15-21(3)30-29(27)34(26)19-23-10-8-12-25(17-23)28(32-35)24-11-7-9-22(16-24)18-33-13-5-6-14-33/h7-12,15-17,35H,4-6,13-14,18-19H2,1-3H3/b32-28+. The van der Waals surface area contributed by atoms with Gasteiger partial charge in [-0.15, -0.1) is 0 Å². The lowest BCUT2D eigenvalue weighted by Crippen LogP contribution is -2.18. The third kappa shape index (κ3) is 4.84. The van der Waals surface area contributed by atoms with E-state index < -0.39 is 0 Å². The van der Waals surface area contributed by atoms with Crippen molar-refractivity contribution >= 4 is 16.9 Å². The van der Waals surface area contributed by atoms with Crippen LogP contribution in [-0.4, -0.2) is 43.4 Å². The number of rotatable bonds is 7. The molecule has 0 spiro atoms. The molecule has 4 aromatic rings. The summed E-state index contributed by atoms with van der Waals surface area (Å²) in [6.07, 6.45) is 3.38. The average molecular weight is 468 g/mol. The quantitative estimate of drug-likeness (QED) is 0.222. The van der Waals surface area contributed by atoms with Gasteiger partial charge in [0.2, 0.25) is 0 Å². The molecular formula is C29H33N5O. The molecule has 0 unspecified atom stereocenters. The fraction of sp³-hybridized carbons (Fsp3) is 0.345. The van der Waals surface area contributed by atoms with E-state index >= 15 is 0 Å². The number of imidazole rings is 1. The zero-order valence-corrected chi connectivity index (χ0v) is 20.8. The van der Waals surface area contributed by atoms with Gasteiger partial charge in [-0.3, -0.25) is 4.90 Å². The maximum absolute atomic E-state index is 9.99. The van der Waals surface area contributed by atoms with Gasteiger partial charge in [0.25, 0.3) is 0 Å². The van der Waals surface area contributed by atoms with Gasteiger partial charge >= 0.3 is 0 Å². The van der Waals surface area contributed by atoms with Gasteiger partial charge in [0.15, 0.2) is 5.65 Å². The highest BCUT2D eigenvalue weighted by atomic mass is 16.4. The minimum absolute atomic E-state index is 0.589. The molecule has 6 heteroatoms. The molecule has 0 saturated carbocycles. The summed E-state index contributed by atoms with van der Waals surface area (Å²) in [7, 11) is 0. The van der Waals surface area contributed by atoms with Gasteiger partial charge in [0, 0.05) is 29.8 Å². The monoisotopic (exact) mass is 467 g/mol. The molecule has 0 bridgehead atoms. The number of hydrogen-bond donors (Lipinski definition) is 1. The van der Waals surface area contributed by atoms with E-state index in [1.165, 1.54) is 18.4 Å². The van der Waals surface area contributed by atoms with Crippen LogP contribution >= 0.6 is 0 Å². The molecule has 3 heterocycles. The van der Waals surface area contributed by atoms with Gasteiger partial charge in [0.1, 0.15) is 17.1 Å². The Labute approximate surface area is 206 Å². The second-order valence-electron chi connectivity index (χ2n) is 9.55. The van der Waals surface area contributed by atoms with Crippen molar-refractivity contribution in [2.45, 2.75) is 53.1 Å². The number of aryl methyl sites for hydroxylation is 3. The molecule has 1 saturated heterocycles. The Hall–Kier alpha value is -3.51. The summed E-state index contributed by atoms with van der Waals surface area (Å²) in [5, 5.41) is 13.7. The molecule has 1 fully saturated rings. The van der Waals surface area contributed by atoms with E-state index in [0.29, 0.717) is 12.3 Å². The third-order valence-corrected chi connectivity index (χ3v) is 6.86. The number of nitrogens with zero attached hydrogens (tertiary/aromatic N) is 5. The van der Waals surface area contributed by atoms with E-state index in [9.17, 15) is 5.21 Å². The van der Waals surface area contributed by atoms with Crippen molar-refractivity contribution in [1.29, 1.82) is 0 Å². The molecule has 0 amide bonds. The Kier molecular flexibility index (Phi) is 6.64. The van der Waals surface area contributed by atoms with Crippen LogP contribution in [0.15, 0.2) is 59.8 Å². The summed E-state index contributed by atoms with van der Waals surface area (Å²) in [6.45, 7) is 10.2. The fourth-order valence-electron chi connectivity index (χ4n) is 5.18. The van der Waals surface area contributed by atoms with Crippen LogP contribution in [0.25, 0.3) is 11.2 Å². The lowest BCUT2D eigenvalue weighted by Gasteiger charge is -2.15. The van der Waals surface area contributed by atoms with Crippen molar-refractivity contribution in [2.75, 3.05) is 13.1 Å². The molecule has 0 radical (unpaired) electrons. The van der Waals surface area contributed by atoms with E-state index in [2.05, 4.69) is 64.9 Å². The zero-order valence-electron chi connectivity index (χ0n) is 20.8. The fourth-order valence-corrected chi connectivity index (χ4v) is 5.18. The van der Waals surface area contributed by atoms with E-state index in [1.807, 2.05) is 25.1 Å². The molecule has 6 nitrogen and oxygen atoms in total. The summed E-state index contributed by atoms with van der Waals surface area (Å²) >= 11 is 0. The SMILES string of the molecule is CCc1nc2c(C)cc(C)nc2n1Cc1cccc(/C(=N/O)c2cccc(CN3CCCC3)c2)c1. The Morgan fingerprint density at radius 2 is 1.57 bits per heavy atom. The van der Waals surface area contributed by atoms with Crippen molar-refractivity contribution in [1.82, 2.24) is 19.4 Å². The number of benzene rings is 2. The van der Waals surface area contributed by atoms with Crippen LogP contribution in [0, 0.1) is 13.8 Å². The van der Waals surface area contributed by atoms with Crippen LogP contribution in [0.4, 0.5) is 0 Å². The maximum atomic E-state index is 9.99. The molecule has 1 aliphatic heterocycles. The van der Waals surface area contributed by atoms with E-state index in [1.54, 1.807) is 0 Å². The molecule has 1 N–H and O–H groups in total. The molecule has 5 rings (SSSR count). The lowest BCUT2D eigenvalue weighted by molar-refractivity contribution is 0.319. The first-order valence-electron chi connectivity index (χ1n) is 12.5. The second kappa shape index (κ2) is 10.0. The lowest BCUT2D eigenvalue weighted by atomic mass is 9.98. The van der Waals surface area contributed by atoms with Gasteiger partial charge in [-0.1, -0.05) is 48.5 Å². The Morgan fingerprint density at radius 1 is 0.914 bits per heavy atom. The number of hydrogen-bond acceptors (Lipinski definition) is 5. The highest BCUT2D eigenvalue weighted by molar-refractivity contribution is 6.12. The maximum Gasteiger partial charge on any atom is 0.160 e. The van der Waals surface area contributed by atoms with Gasteiger partial charge in [-0.05, 0) is 74.7 Å². The summed E-state index contributed by atoms with van der Waals surface area (Å²) in [4.78, 5) is 12.2. The number of fused-ring (bicyclic) bond motifs is 1. The highest BCUT2D eigenvalue weighted by Crippen LogP contribution is 2.22. The minimum atomic E-state index is 0.589. The first-order valence-corrected chi connectivity index (χ1v) is 12.5. The molecular weight excluding hydrogens is 434 g/mol. The Balaban J connectivity index is 1.45. The van der Waals surface area contributed by atoms with Gasteiger partial charge < -0.3 is 9.77 Å². The minimum Gasteiger partial charge on any atom is -0.410 e. The van der Waals surface area contributed by atoms with Crippen LogP contribution in [0.3, 0.4) is 0 Å². The zero-order chi connectivity index (χ0) is 24.4. The average Bonchev–Trinajstić information content (AvgIpc) is 3.48. The molecule has 1 aliphatic rings. The predicted molar refractivity (Wildman–Crippen MR) is 140 cm³/mol. The van der Waals surface area contributed by atoms with Crippen LogP contribution in [0.1, 0.15) is 59.1 Å². The number of aromatic nitrogens is 3. The van der Waals surface area contributed by atoms with Crippen LogP contribution < -0.4 is 0 Å². The van der Waals surface area contributed by atoms with E-state index in [-0.39, 0.29) is 0 Å². The number of oxime groups is 1. The van der Waals surface area contributed by atoms with Gasteiger partial charge in [0.05, 0.1) is 6.54 Å². The number of likely N-dealkylation sites (tertiary alicyclic amines) is 1. The van der Waals surface area contributed by atoms with Crippen molar-refractivity contribution in [2.24, 2.45) is 5.16 Å². The van der Waals surface area contributed by atoms with Crippen molar-refractivity contribution < 1.29 is 5.21 Å². The first-order chi connectivity index (χ1) is 17.1. The van der Waals surface area contributed by atoms with Crippen LogP contribution in [0.5, 0.6) is 0 Å². The second-order valence-corrected chi connectivity index (χ2v) is 9.55. The topological polar surface area (TPSA) is 66.5 Å². The molecule has 0 atom stereocenters. The van der Waals surface area contributed by atoms with Crippen molar-refractivity contribution in [3.8, 4) is 0 Å². The van der Waals surface area contributed by atoms with E-state index in [0.717, 1.165) is 71.0 Å². The van der Waals surface area contributed by atoms with E-state index in [4.69, 9.17) is 9.97 Å². The summed E-state index contributed by atoms with van der Waals surface area (Å²) in [5.74, 6) is 1.03. The third-order valence-electron chi connectivity index (χ3n) is 6.86. The highest BCUT2D eigenvalue weighted by Gasteiger charge is 2.16. The molecule has 2 aromatic heterocycles. The summed E-state index contributed by atoms with van der Waals surface area (Å²) in [5.41, 5.74) is 8.82. The number of pyridine rings is 1. The Morgan fingerprint density at radius 3 is 2.20 bits per heavy atom.